The van der Waals surface area contributed by atoms with Crippen molar-refractivity contribution < 1.29 is 14.0 Å². The van der Waals surface area contributed by atoms with Gasteiger partial charge in [-0.3, -0.25) is 9.59 Å². The molecule has 1 aromatic rings. The van der Waals surface area contributed by atoms with E-state index in [9.17, 15) is 14.0 Å². The van der Waals surface area contributed by atoms with Crippen LogP contribution in [0, 0.1) is 5.82 Å². The number of anilines is 1. The zero-order valence-electron chi connectivity index (χ0n) is 9.20. The maximum Gasteiger partial charge on any atom is 0.238 e. The predicted molar refractivity (Wildman–Crippen MR) is 61.7 cm³/mol. The van der Waals surface area contributed by atoms with Crippen LogP contribution in [-0.4, -0.2) is 24.9 Å². The smallest absolute Gasteiger partial charge is 0.238 e. The third kappa shape index (κ3) is 5.07. The lowest BCUT2D eigenvalue weighted by Gasteiger charge is -2.06. The summed E-state index contributed by atoms with van der Waals surface area (Å²) < 4.78 is 13.1. The van der Waals surface area contributed by atoms with Crippen LogP contribution in [0.15, 0.2) is 24.3 Å². The summed E-state index contributed by atoms with van der Waals surface area (Å²) in [5.74, 6) is -1.30. The molecule has 0 radical (unpaired) electrons. The van der Waals surface area contributed by atoms with Gasteiger partial charge in [0.05, 0.1) is 12.2 Å². The zero-order valence-corrected chi connectivity index (χ0v) is 9.20. The van der Waals surface area contributed by atoms with Crippen molar-refractivity contribution in [2.24, 2.45) is 5.73 Å². The SMILES string of the molecule is NC(=O)CCNCC(=O)Nc1ccccc1F. The number of nitrogens with one attached hydrogen (secondary N) is 2. The number of hydrogen-bond donors (Lipinski definition) is 3. The molecule has 0 spiro atoms. The molecule has 0 heterocycles. The molecule has 1 aromatic carbocycles. The Balaban J connectivity index is 2.30. The van der Waals surface area contributed by atoms with E-state index in [4.69, 9.17) is 5.73 Å². The first kappa shape index (κ1) is 13.1. The summed E-state index contributed by atoms with van der Waals surface area (Å²) in [6, 6.07) is 5.89. The zero-order chi connectivity index (χ0) is 12.7. The molecule has 0 atom stereocenters. The van der Waals surface area contributed by atoms with Crippen molar-refractivity contribution in [2.45, 2.75) is 6.42 Å². The molecule has 0 saturated carbocycles. The van der Waals surface area contributed by atoms with Crippen molar-refractivity contribution in [1.82, 2.24) is 5.32 Å². The van der Waals surface area contributed by atoms with Gasteiger partial charge in [0.2, 0.25) is 11.8 Å². The van der Waals surface area contributed by atoms with E-state index in [1.54, 1.807) is 6.07 Å². The normalized spacial score (nSPS) is 9.94. The van der Waals surface area contributed by atoms with E-state index < -0.39 is 11.7 Å². The fourth-order valence-corrected chi connectivity index (χ4v) is 1.17. The predicted octanol–water partition coefficient (Wildman–Crippen LogP) is 0.229. The number of benzene rings is 1. The van der Waals surface area contributed by atoms with Gasteiger partial charge in [-0.05, 0) is 12.1 Å². The Hall–Kier alpha value is -1.95. The summed E-state index contributed by atoms with van der Waals surface area (Å²) >= 11 is 0. The molecular formula is C11H14FN3O2. The molecule has 1 rings (SSSR count). The van der Waals surface area contributed by atoms with Crippen molar-refractivity contribution >= 4 is 17.5 Å². The average molecular weight is 239 g/mol. The third-order valence-corrected chi connectivity index (χ3v) is 1.98. The molecule has 0 aromatic heterocycles. The number of carbonyl (C=O) groups is 2. The molecule has 0 fully saturated rings. The van der Waals surface area contributed by atoms with Gasteiger partial charge in [0.1, 0.15) is 5.82 Å². The number of nitrogens with two attached hydrogens (primary N) is 1. The van der Waals surface area contributed by atoms with Gasteiger partial charge in [-0.25, -0.2) is 4.39 Å². The van der Waals surface area contributed by atoms with Crippen LogP contribution in [0.3, 0.4) is 0 Å². The second-order valence-corrected chi connectivity index (χ2v) is 3.42. The lowest BCUT2D eigenvalue weighted by atomic mass is 10.3. The number of hydrogen-bond acceptors (Lipinski definition) is 3. The molecule has 92 valence electrons. The standard InChI is InChI=1S/C11H14FN3O2/c12-8-3-1-2-4-9(8)15-11(17)7-14-6-5-10(13)16/h1-4,14H,5-7H2,(H2,13,16)(H,15,17). The molecule has 17 heavy (non-hydrogen) atoms. The Labute approximate surface area is 98.2 Å². The average Bonchev–Trinajstić information content (AvgIpc) is 2.27. The Morgan fingerprint density at radius 3 is 2.65 bits per heavy atom. The Bertz CT molecular complexity index is 409. The summed E-state index contributed by atoms with van der Waals surface area (Å²) in [4.78, 5) is 21.8. The maximum atomic E-state index is 13.1. The van der Waals surface area contributed by atoms with Crippen LogP contribution in [0.4, 0.5) is 10.1 Å². The number of amides is 2. The van der Waals surface area contributed by atoms with Crippen molar-refractivity contribution in [3.63, 3.8) is 0 Å². The van der Waals surface area contributed by atoms with E-state index in [1.807, 2.05) is 0 Å². The van der Waals surface area contributed by atoms with Crippen LogP contribution in [0.5, 0.6) is 0 Å². The van der Waals surface area contributed by atoms with Crippen LogP contribution in [0.1, 0.15) is 6.42 Å². The first-order valence-corrected chi connectivity index (χ1v) is 5.13. The van der Waals surface area contributed by atoms with E-state index >= 15 is 0 Å². The molecule has 0 aliphatic heterocycles. The molecule has 6 heteroatoms. The number of primary amides is 1. The summed E-state index contributed by atoms with van der Waals surface area (Å²) in [6.45, 7) is 0.321. The minimum atomic E-state index is -0.488. The highest BCUT2D eigenvalue weighted by Gasteiger charge is 2.05. The molecular weight excluding hydrogens is 225 g/mol. The number of para-hydroxylation sites is 1. The van der Waals surface area contributed by atoms with Crippen molar-refractivity contribution in [3.8, 4) is 0 Å². The quantitative estimate of drug-likeness (QED) is 0.621. The van der Waals surface area contributed by atoms with Crippen molar-refractivity contribution in [3.05, 3.63) is 30.1 Å². The molecule has 0 saturated heterocycles. The second-order valence-electron chi connectivity index (χ2n) is 3.42. The van der Waals surface area contributed by atoms with E-state index in [0.29, 0.717) is 6.54 Å². The van der Waals surface area contributed by atoms with E-state index in [-0.39, 0.29) is 24.6 Å². The molecule has 2 amide bonds. The number of halogens is 1. The first-order chi connectivity index (χ1) is 8.09. The minimum Gasteiger partial charge on any atom is -0.370 e. The largest absolute Gasteiger partial charge is 0.370 e. The summed E-state index contributed by atoms with van der Waals surface area (Å²) in [5, 5.41) is 5.13. The molecule has 0 unspecified atom stereocenters. The maximum absolute atomic E-state index is 13.1. The van der Waals surface area contributed by atoms with Crippen LogP contribution in [0.25, 0.3) is 0 Å². The van der Waals surface area contributed by atoms with Gasteiger partial charge in [0, 0.05) is 13.0 Å². The lowest BCUT2D eigenvalue weighted by molar-refractivity contribution is -0.118. The van der Waals surface area contributed by atoms with Gasteiger partial charge in [0.15, 0.2) is 0 Å². The molecule has 0 bridgehead atoms. The van der Waals surface area contributed by atoms with Gasteiger partial charge in [0.25, 0.3) is 0 Å². The third-order valence-electron chi connectivity index (χ3n) is 1.98. The monoisotopic (exact) mass is 239 g/mol. The van der Waals surface area contributed by atoms with Crippen molar-refractivity contribution in [2.75, 3.05) is 18.4 Å². The van der Waals surface area contributed by atoms with Crippen molar-refractivity contribution in [1.29, 1.82) is 0 Å². The van der Waals surface area contributed by atoms with Crippen LogP contribution < -0.4 is 16.4 Å². The van der Waals surface area contributed by atoms with Gasteiger partial charge < -0.3 is 16.4 Å². The highest BCUT2D eigenvalue weighted by atomic mass is 19.1. The highest BCUT2D eigenvalue weighted by Crippen LogP contribution is 2.11. The topological polar surface area (TPSA) is 84.2 Å². The van der Waals surface area contributed by atoms with Crippen LogP contribution in [0.2, 0.25) is 0 Å². The van der Waals surface area contributed by atoms with Gasteiger partial charge >= 0.3 is 0 Å². The van der Waals surface area contributed by atoms with Gasteiger partial charge in [-0.1, -0.05) is 12.1 Å². The summed E-state index contributed by atoms with van der Waals surface area (Å²) in [6.07, 6.45) is 0.160. The van der Waals surface area contributed by atoms with Crippen LogP contribution >= 0.6 is 0 Å². The Morgan fingerprint density at radius 1 is 1.29 bits per heavy atom. The number of carbonyl (C=O) groups excluding carboxylic acids is 2. The summed E-state index contributed by atoms with van der Waals surface area (Å²) in [5.41, 5.74) is 5.06. The molecule has 5 nitrogen and oxygen atoms in total. The Morgan fingerprint density at radius 2 is 2.00 bits per heavy atom. The lowest BCUT2D eigenvalue weighted by Crippen LogP contribution is -2.30. The number of rotatable bonds is 6. The molecule has 4 N–H and O–H groups in total. The van der Waals surface area contributed by atoms with Gasteiger partial charge in [-0.15, -0.1) is 0 Å². The van der Waals surface area contributed by atoms with E-state index in [2.05, 4.69) is 10.6 Å². The highest BCUT2D eigenvalue weighted by molar-refractivity contribution is 5.92. The summed E-state index contributed by atoms with van der Waals surface area (Å²) in [7, 11) is 0. The van der Waals surface area contributed by atoms with Crippen LogP contribution in [-0.2, 0) is 9.59 Å². The first-order valence-electron chi connectivity index (χ1n) is 5.13. The minimum absolute atomic E-state index is 0.00160. The second kappa shape index (κ2) is 6.59. The van der Waals surface area contributed by atoms with Gasteiger partial charge in [-0.2, -0.15) is 0 Å². The fourth-order valence-electron chi connectivity index (χ4n) is 1.17. The van der Waals surface area contributed by atoms with E-state index in [0.717, 1.165) is 0 Å². The Kier molecular flexibility index (Phi) is 5.09. The van der Waals surface area contributed by atoms with E-state index in [1.165, 1.54) is 18.2 Å². The molecule has 0 aliphatic carbocycles. The fraction of sp³-hybridized carbons (Fsp3) is 0.273. The molecule has 0 aliphatic rings.